The van der Waals surface area contributed by atoms with Crippen LogP contribution >= 0.6 is 0 Å². The lowest BCUT2D eigenvalue weighted by Crippen LogP contribution is -2.58. The highest BCUT2D eigenvalue weighted by Gasteiger charge is 2.42. The number of non-ortho nitro benzene ring substituents is 1. The Morgan fingerprint density at radius 1 is 1.16 bits per heavy atom. The van der Waals surface area contributed by atoms with Crippen molar-refractivity contribution >= 4 is 17.7 Å². The van der Waals surface area contributed by atoms with Gasteiger partial charge in [-0.1, -0.05) is 20.8 Å². The lowest BCUT2D eigenvalue weighted by molar-refractivity contribution is -0.384. The highest BCUT2D eigenvalue weighted by atomic mass is 16.6. The Kier molecular flexibility index (Phi) is 7.05. The SMILES string of the molecule is CC(C)(C)C(O)(CN1CCN(C(=O)/C=C/c2ccc([N+](=O)[O-])cc2)CC1)Cn1cncn1. The predicted octanol–water partition coefficient (Wildman–Crippen LogP) is 1.82. The van der Waals surface area contributed by atoms with E-state index in [-0.39, 0.29) is 17.0 Å². The van der Waals surface area contributed by atoms with Gasteiger partial charge in [0.15, 0.2) is 0 Å². The second kappa shape index (κ2) is 9.58. The maximum absolute atomic E-state index is 12.6. The van der Waals surface area contributed by atoms with Gasteiger partial charge in [0, 0.05) is 50.9 Å². The van der Waals surface area contributed by atoms with E-state index in [1.54, 1.807) is 34.1 Å². The number of aliphatic hydroxyl groups is 1. The van der Waals surface area contributed by atoms with Crippen LogP contribution in [0.3, 0.4) is 0 Å². The van der Waals surface area contributed by atoms with Crippen molar-refractivity contribution in [2.45, 2.75) is 32.9 Å². The summed E-state index contributed by atoms with van der Waals surface area (Å²) in [4.78, 5) is 30.7. The molecule has 1 aromatic carbocycles. The molecular formula is C22H30N6O4. The minimum absolute atomic E-state index is 0.0173. The van der Waals surface area contributed by atoms with Gasteiger partial charge in [-0.05, 0) is 29.2 Å². The zero-order valence-electron chi connectivity index (χ0n) is 18.7. The fourth-order valence-corrected chi connectivity index (χ4v) is 3.58. The first-order chi connectivity index (χ1) is 15.1. The molecule has 2 aromatic rings. The number of amides is 1. The van der Waals surface area contributed by atoms with E-state index < -0.39 is 10.5 Å². The third-order valence-electron chi connectivity index (χ3n) is 5.98. The summed E-state index contributed by atoms with van der Waals surface area (Å²) in [5.74, 6) is -0.100. The van der Waals surface area contributed by atoms with Gasteiger partial charge in [-0.2, -0.15) is 5.10 Å². The molecule has 32 heavy (non-hydrogen) atoms. The van der Waals surface area contributed by atoms with Gasteiger partial charge in [-0.3, -0.25) is 24.5 Å². The second-order valence-corrected chi connectivity index (χ2v) is 9.16. The first kappa shape index (κ1) is 23.6. The number of piperazine rings is 1. The van der Waals surface area contributed by atoms with Crippen LogP contribution < -0.4 is 0 Å². The van der Waals surface area contributed by atoms with Crippen molar-refractivity contribution in [3.8, 4) is 0 Å². The number of hydrogen-bond donors (Lipinski definition) is 1. The third-order valence-corrected chi connectivity index (χ3v) is 5.98. The maximum atomic E-state index is 12.6. The molecule has 1 aromatic heterocycles. The van der Waals surface area contributed by atoms with Crippen molar-refractivity contribution < 1.29 is 14.8 Å². The van der Waals surface area contributed by atoms with Crippen LogP contribution in [0, 0.1) is 15.5 Å². The van der Waals surface area contributed by atoms with Crippen molar-refractivity contribution in [3.63, 3.8) is 0 Å². The molecule has 1 unspecified atom stereocenters. The fraction of sp³-hybridized carbons (Fsp3) is 0.500. The van der Waals surface area contributed by atoms with Gasteiger partial charge in [0.2, 0.25) is 5.91 Å². The van der Waals surface area contributed by atoms with Crippen molar-refractivity contribution in [1.29, 1.82) is 0 Å². The number of nitrogens with zero attached hydrogens (tertiary/aromatic N) is 6. The lowest BCUT2D eigenvalue weighted by atomic mass is 9.76. The van der Waals surface area contributed by atoms with E-state index >= 15 is 0 Å². The number of rotatable bonds is 7. The van der Waals surface area contributed by atoms with E-state index in [0.29, 0.717) is 39.3 Å². The molecule has 172 valence electrons. The summed E-state index contributed by atoms with van der Waals surface area (Å²) in [6, 6.07) is 6.06. The summed E-state index contributed by atoms with van der Waals surface area (Å²) in [5.41, 5.74) is -0.642. The standard InChI is InChI=1S/C22H30N6O4/c1-21(2,3)22(30,15-27-17-23-16-24-27)14-25-10-12-26(13-11-25)20(29)9-6-18-4-7-19(8-5-18)28(31)32/h4-9,16-17,30H,10-15H2,1-3H3/b9-6+. The molecule has 10 heteroatoms. The van der Waals surface area contributed by atoms with Gasteiger partial charge in [-0.15, -0.1) is 0 Å². The number of carbonyl (C=O) groups is 1. The molecule has 1 saturated heterocycles. The third kappa shape index (κ3) is 5.77. The maximum Gasteiger partial charge on any atom is 0.269 e. The summed E-state index contributed by atoms with van der Waals surface area (Å²) in [6.45, 7) is 9.27. The van der Waals surface area contributed by atoms with Crippen molar-refractivity contribution in [1.82, 2.24) is 24.6 Å². The van der Waals surface area contributed by atoms with E-state index in [1.165, 1.54) is 24.5 Å². The zero-order valence-corrected chi connectivity index (χ0v) is 18.7. The number of hydrogen-bond acceptors (Lipinski definition) is 7. The summed E-state index contributed by atoms with van der Waals surface area (Å²) < 4.78 is 1.65. The Labute approximate surface area is 187 Å². The molecule has 1 atom stereocenters. The van der Waals surface area contributed by atoms with Crippen LogP contribution in [-0.4, -0.2) is 78.8 Å². The van der Waals surface area contributed by atoms with Gasteiger partial charge < -0.3 is 10.0 Å². The smallest absolute Gasteiger partial charge is 0.269 e. The summed E-state index contributed by atoms with van der Waals surface area (Å²) in [6.07, 6.45) is 6.21. The molecule has 1 aliphatic rings. The van der Waals surface area contributed by atoms with Crippen LogP contribution in [0.2, 0.25) is 0 Å². The summed E-state index contributed by atoms with van der Waals surface area (Å²) in [7, 11) is 0. The molecule has 0 radical (unpaired) electrons. The summed E-state index contributed by atoms with van der Waals surface area (Å²) in [5, 5.41) is 26.3. The number of benzene rings is 1. The van der Waals surface area contributed by atoms with Gasteiger partial charge in [-0.25, -0.2) is 4.98 Å². The predicted molar refractivity (Wildman–Crippen MR) is 120 cm³/mol. The molecule has 2 heterocycles. The fourth-order valence-electron chi connectivity index (χ4n) is 3.58. The van der Waals surface area contributed by atoms with Crippen LogP contribution in [0.25, 0.3) is 6.08 Å². The number of carbonyl (C=O) groups excluding carboxylic acids is 1. The largest absolute Gasteiger partial charge is 0.386 e. The minimum Gasteiger partial charge on any atom is -0.386 e. The van der Waals surface area contributed by atoms with Crippen molar-refractivity contribution in [2.24, 2.45) is 5.41 Å². The molecule has 1 N–H and O–H groups in total. The topological polar surface area (TPSA) is 118 Å². The zero-order chi connectivity index (χ0) is 23.4. The molecule has 0 aliphatic carbocycles. The Hall–Kier alpha value is -3.11. The molecular weight excluding hydrogens is 412 g/mol. The van der Waals surface area contributed by atoms with E-state index in [1.807, 2.05) is 20.8 Å². The molecule has 0 spiro atoms. The average Bonchev–Trinajstić information content (AvgIpc) is 3.24. The Balaban J connectivity index is 1.55. The molecule has 3 rings (SSSR count). The van der Waals surface area contributed by atoms with Gasteiger partial charge in [0.05, 0.1) is 11.5 Å². The highest BCUT2D eigenvalue weighted by molar-refractivity contribution is 5.91. The Morgan fingerprint density at radius 3 is 2.34 bits per heavy atom. The van der Waals surface area contributed by atoms with Gasteiger partial charge in [0.25, 0.3) is 5.69 Å². The average molecular weight is 443 g/mol. The van der Waals surface area contributed by atoms with Crippen molar-refractivity contribution in [2.75, 3.05) is 32.7 Å². The number of nitro groups is 1. The molecule has 0 saturated carbocycles. The number of nitro benzene ring substituents is 1. The number of aromatic nitrogens is 3. The van der Waals surface area contributed by atoms with Crippen LogP contribution in [0.1, 0.15) is 26.3 Å². The Bertz CT molecular complexity index is 944. The van der Waals surface area contributed by atoms with Crippen LogP contribution in [0.4, 0.5) is 5.69 Å². The quantitative estimate of drug-likeness (QED) is 0.395. The van der Waals surface area contributed by atoms with Crippen LogP contribution in [-0.2, 0) is 11.3 Å². The highest BCUT2D eigenvalue weighted by Crippen LogP contribution is 2.33. The minimum atomic E-state index is -1.01. The number of β-amino-alcohol motifs (C(OH)–C–C–N with tert-alkyl or cyclic N) is 1. The first-order valence-corrected chi connectivity index (χ1v) is 10.6. The van der Waals surface area contributed by atoms with Crippen molar-refractivity contribution in [3.05, 3.63) is 58.7 Å². The van der Waals surface area contributed by atoms with E-state index in [2.05, 4.69) is 15.0 Å². The second-order valence-electron chi connectivity index (χ2n) is 9.16. The molecule has 1 aliphatic heterocycles. The molecule has 10 nitrogen and oxygen atoms in total. The normalized spacial score (nSPS) is 17.4. The lowest BCUT2D eigenvalue weighted by Gasteiger charge is -2.45. The molecule has 0 bridgehead atoms. The van der Waals surface area contributed by atoms with E-state index in [0.717, 1.165) is 5.56 Å². The van der Waals surface area contributed by atoms with Gasteiger partial charge in [0.1, 0.15) is 18.3 Å². The first-order valence-electron chi connectivity index (χ1n) is 10.6. The Morgan fingerprint density at radius 2 is 1.81 bits per heavy atom. The summed E-state index contributed by atoms with van der Waals surface area (Å²) >= 11 is 0. The molecule has 1 fully saturated rings. The monoisotopic (exact) mass is 442 g/mol. The molecule has 1 amide bonds. The van der Waals surface area contributed by atoms with Crippen LogP contribution in [0.15, 0.2) is 43.0 Å². The van der Waals surface area contributed by atoms with Crippen LogP contribution in [0.5, 0.6) is 0 Å². The van der Waals surface area contributed by atoms with E-state index in [4.69, 9.17) is 0 Å². The van der Waals surface area contributed by atoms with Gasteiger partial charge >= 0.3 is 0 Å². The van der Waals surface area contributed by atoms with E-state index in [9.17, 15) is 20.0 Å².